The van der Waals surface area contributed by atoms with E-state index in [1.54, 1.807) is 0 Å². The third-order valence-corrected chi connectivity index (χ3v) is 7.97. The molecule has 31 heavy (non-hydrogen) atoms. The first-order valence-corrected chi connectivity index (χ1v) is 11.6. The molecule has 0 radical (unpaired) electrons. The summed E-state index contributed by atoms with van der Waals surface area (Å²) in [6, 6.07) is 13.5. The number of hydrogen-bond acceptors (Lipinski definition) is 4. The third kappa shape index (κ3) is 2.35. The molecule has 3 heterocycles. The lowest BCUT2D eigenvalue weighted by molar-refractivity contribution is -0.138. The molecule has 0 bridgehead atoms. The van der Waals surface area contributed by atoms with E-state index in [0.717, 1.165) is 54.9 Å². The summed E-state index contributed by atoms with van der Waals surface area (Å²) in [6.07, 6.45) is 4.77. The monoisotopic (exact) mass is 416 g/mol. The van der Waals surface area contributed by atoms with Crippen LogP contribution in [0.2, 0.25) is 0 Å². The van der Waals surface area contributed by atoms with Crippen molar-refractivity contribution in [2.75, 3.05) is 10.2 Å². The molecule has 1 N–H and O–H groups in total. The molecule has 3 aliphatic heterocycles. The van der Waals surface area contributed by atoms with E-state index in [-0.39, 0.29) is 11.3 Å². The van der Waals surface area contributed by atoms with Crippen molar-refractivity contribution in [1.82, 2.24) is 0 Å². The molecule has 1 spiro atoms. The zero-order valence-electron chi connectivity index (χ0n) is 18.3. The largest absolute Gasteiger partial charge is 0.448 e. The standard InChI is InChI=1S/C26H28N2O3/c1-24(2,3)22-21-17-14-16(6-7-18(17)28(21)22)27-23(29)25(11-12-25)15-5-8-19-20(13-15)31-26(30-19)9-4-10-26/h5-8,13-14,21-22H,4,9-12H2,1-3H3,(H,27,29). The summed E-state index contributed by atoms with van der Waals surface area (Å²) in [7, 11) is 0. The average Bonchev–Trinajstić information content (AvgIpc) is 3.57. The van der Waals surface area contributed by atoms with E-state index in [2.05, 4.69) is 43.1 Å². The van der Waals surface area contributed by atoms with Gasteiger partial charge in [-0.1, -0.05) is 26.8 Å². The number of benzene rings is 2. The summed E-state index contributed by atoms with van der Waals surface area (Å²) in [6.45, 7) is 6.90. The van der Waals surface area contributed by atoms with Gasteiger partial charge in [-0.3, -0.25) is 4.79 Å². The highest BCUT2D eigenvalue weighted by Gasteiger charge is 2.62. The van der Waals surface area contributed by atoms with Gasteiger partial charge in [0.1, 0.15) is 0 Å². The van der Waals surface area contributed by atoms with Crippen molar-refractivity contribution in [1.29, 1.82) is 0 Å². The van der Waals surface area contributed by atoms with Crippen LogP contribution in [0.25, 0.3) is 0 Å². The van der Waals surface area contributed by atoms with Crippen LogP contribution in [0.15, 0.2) is 36.4 Å². The Labute approximate surface area is 182 Å². The van der Waals surface area contributed by atoms with Gasteiger partial charge in [-0.15, -0.1) is 0 Å². The van der Waals surface area contributed by atoms with Gasteiger partial charge in [-0.25, -0.2) is 0 Å². The van der Waals surface area contributed by atoms with Crippen LogP contribution < -0.4 is 19.7 Å². The van der Waals surface area contributed by atoms with E-state index < -0.39 is 11.2 Å². The van der Waals surface area contributed by atoms with Crippen molar-refractivity contribution in [3.8, 4) is 11.5 Å². The van der Waals surface area contributed by atoms with E-state index in [1.165, 1.54) is 11.3 Å². The molecule has 7 rings (SSSR count). The van der Waals surface area contributed by atoms with Gasteiger partial charge < -0.3 is 19.7 Å². The van der Waals surface area contributed by atoms with Crippen molar-refractivity contribution >= 4 is 17.3 Å². The average molecular weight is 417 g/mol. The molecule has 2 aliphatic carbocycles. The van der Waals surface area contributed by atoms with Crippen molar-refractivity contribution in [2.24, 2.45) is 5.41 Å². The fourth-order valence-electron chi connectivity index (χ4n) is 5.86. The lowest BCUT2D eigenvalue weighted by Crippen LogP contribution is -2.45. The zero-order valence-corrected chi connectivity index (χ0v) is 18.3. The maximum atomic E-state index is 13.3. The Morgan fingerprint density at radius 1 is 1.03 bits per heavy atom. The van der Waals surface area contributed by atoms with Crippen LogP contribution in [0.4, 0.5) is 11.4 Å². The minimum atomic E-state index is -0.448. The SMILES string of the molecule is CC(C)(C)C1C2c3cc(NC(=O)C4(c5ccc6c(c5)OC5(CCC5)O6)CC4)ccc3N21. The first kappa shape index (κ1) is 17.9. The second-order valence-corrected chi connectivity index (χ2v) is 11.1. The summed E-state index contributed by atoms with van der Waals surface area (Å²) in [4.78, 5) is 15.8. The van der Waals surface area contributed by atoms with Crippen LogP contribution in [0.3, 0.4) is 0 Å². The molecule has 2 atom stereocenters. The number of hydrogen-bond donors (Lipinski definition) is 1. The van der Waals surface area contributed by atoms with Crippen molar-refractivity contribution < 1.29 is 14.3 Å². The highest BCUT2D eigenvalue weighted by atomic mass is 16.7. The number of ether oxygens (including phenoxy) is 2. The number of anilines is 2. The number of fused-ring (bicyclic) bond motifs is 5. The summed E-state index contributed by atoms with van der Waals surface area (Å²) in [5, 5.41) is 3.21. The fraction of sp³-hybridized carbons (Fsp3) is 0.500. The number of carbonyl (C=O) groups excluding carboxylic acids is 1. The molecule has 5 nitrogen and oxygen atoms in total. The van der Waals surface area contributed by atoms with Gasteiger partial charge in [0.25, 0.3) is 5.79 Å². The summed E-state index contributed by atoms with van der Waals surface area (Å²) in [5.41, 5.74) is 4.46. The molecule has 2 unspecified atom stereocenters. The Bertz CT molecular complexity index is 1140. The molecular formula is C26H28N2O3. The third-order valence-electron chi connectivity index (χ3n) is 7.97. The molecule has 5 heteroatoms. The minimum Gasteiger partial charge on any atom is -0.448 e. The second-order valence-electron chi connectivity index (χ2n) is 11.1. The molecule has 0 aromatic heterocycles. The van der Waals surface area contributed by atoms with Gasteiger partial charge in [0, 0.05) is 29.8 Å². The maximum absolute atomic E-state index is 13.3. The second kappa shape index (κ2) is 5.37. The first-order valence-electron chi connectivity index (χ1n) is 11.6. The van der Waals surface area contributed by atoms with E-state index in [1.807, 2.05) is 24.3 Å². The molecule has 5 aliphatic rings. The van der Waals surface area contributed by atoms with Crippen molar-refractivity contribution in [2.45, 2.75) is 76.2 Å². The predicted octanol–water partition coefficient (Wildman–Crippen LogP) is 5.30. The van der Waals surface area contributed by atoms with Crippen LogP contribution in [-0.2, 0) is 10.2 Å². The van der Waals surface area contributed by atoms with Gasteiger partial charge in [0.05, 0.1) is 17.5 Å². The lowest BCUT2D eigenvalue weighted by atomic mass is 9.88. The van der Waals surface area contributed by atoms with Gasteiger partial charge >= 0.3 is 0 Å². The van der Waals surface area contributed by atoms with Crippen LogP contribution in [0, 0.1) is 5.41 Å². The van der Waals surface area contributed by atoms with Gasteiger partial charge in [-0.2, -0.15) is 0 Å². The Morgan fingerprint density at radius 3 is 2.48 bits per heavy atom. The van der Waals surface area contributed by atoms with E-state index >= 15 is 0 Å². The van der Waals surface area contributed by atoms with Crippen molar-refractivity contribution in [3.05, 3.63) is 47.5 Å². The summed E-state index contributed by atoms with van der Waals surface area (Å²) >= 11 is 0. The Kier molecular flexibility index (Phi) is 3.11. The van der Waals surface area contributed by atoms with Crippen LogP contribution in [0.1, 0.15) is 70.0 Å². The Balaban J connectivity index is 1.10. The molecule has 3 fully saturated rings. The normalized spacial score (nSPS) is 27.0. The maximum Gasteiger partial charge on any atom is 0.251 e. The fourth-order valence-corrected chi connectivity index (χ4v) is 5.86. The molecular weight excluding hydrogens is 388 g/mol. The van der Waals surface area contributed by atoms with Crippen LogP contribution in [0.5, 0.6) is 11.5 Å². The number of carbonyl (C=O) groups is 1. The molecule has 2 aromatic rings. The van der Waals surface area contributed by atoms with Gasteiger partial charge in [-0.05, 0) is 60.6 Å². The van der Waals surface area contributed by atoms with Crippen molar-refractivity contribution in [3.63, 3.8) is 0 Å². The van der Waals surface area contributed by atoms with E-state index in [9.17, 15) is 4.79 Å². The minimum absolute atomic E-state index is 0.0871. The lowest BCUT2D eigenvalue weighted by Gasteiger charge is -2.35. The van der Waals surface area contributed by atoms with E-state index in [4.69, 9.17) is 9.47 Å². The molecule has 2 saturated carbocycles. The summed E-state index contributed by atoms with van der Waals surface area (Å²) in [5.74, 6) is 1.25. The predicted molar refractivity (Wildman–Crippen MR) is 119 cm³/mol. The first-order chi connectivity index (χ1) is 14.8. The Morgan fingerprint density at radius 2 is 1.81 bits per heavy atom. The highest BCUT2D eigenvalue weighted by molar-refractivity contribution is 6.02. The Hall–Kier alpha value is -2.69. The van der Waals surface area contributed by atoms with Gasteiger partial charge in [0.15, 0.2) is 11.5 Å². The smallest absolute Gasteiger partial charge is 0.251 e. The molecule has 1 amide bonds. The van der Waals surface area contributed by atoms with Gasteiger partial charge in [0.2, 0.25) is 5.91 Å². The zero-order chi connectivity index (χ0) is 21.2. The topological polar surface area (TPSA) is 50.6 Å². The number of nitrogens with zero attached hydrogens (tertiary/aromatic N) is 1. The highest BCUT2D eigenvalue weighted by Crippen LogP contribution is 2.65. The quantitative estimate of drug-likeness (QED) is 0.690. The van der Waals surface area contributed by atoms with Crippen LogP contribution >= 0.6 is 0 Å². The number of nitrogens with one attached hydrogen (secondary N) is 1. The molecule has 1 saturated heterocycles. The van der Waals surface area contributed by atoms with E-state index in [0.29, 0.717) is 12.1 Å². The number of amides is 1. The summed E-state index contributed by atoms with van der Waals surface area (Å²) < 4.78 is 12.1. The number of rotatable bonds is 3. The molecule has 2 aromatic carbocycles. The van der Waals surface area contributed by atoms with Crippen LogP contribution in [-0.4, -0.2) is 17.7 Å². The molecule has 160 valence electrons.